The van der Waals surface area contributed by atoms with Crippen molar-refractivity contribution in [2.75, 3.05) is 17.7 Å². The van der Waals surface area contributed by atoms with E-state index in [-0.39, 0.29) is 12.1 Å². The monoisotopic (exact) mass is 356 g/mol. The summed E-state index contributed by atoms with van der Waals surface area (Å²) in [5.74, 6) is 1.62. The van der Waals surface area contributed by atoms with Crippen LogP contribution in [0.15, 0.2) is 36.7 Å². The summed E-state index contributed by atoms with van der Waals surface area (Å²) in [5, 5.41) is 13.9. The Balaban J connectivity index is 1.74. The number of ether oxygens (including phenoxy) is 2. The van der Waals surface area contributed by atoms with E-state index in [1.807, 2.05) is 24.3 Å². The number of carbonyl (C=O) groups is 1. The number of anilines is 2. The van der Waals surface area contributed by atoms with Gasteiger partial charge in [0.15, 0.2) is 5.82 Å². The van der Waals surface area contributed by atoms with E-state index < -0.39 is 6.09 Å². The molecule has 136 valence electrons. The fourth-order valence-corrected chi connectivity index (χ4v) is 2.30. The first-order chi connectivity index (χ1) is 12.6. The van der Waals surface area contributed by atoms with Gasteiger partial charge in [0.25, 0.3) is 0 Å². The molecular weight excluding hydrogens is 336 g/mol. The molecule has 0 aliphatic heterocycles. The van der Waals surface area contributed by atoms with Gasteiger partial charge in [0.1, 0.15) is 5.75 Å². The van der Waals surface area contributed by atoms with Gasteiger partial charge in [-0.2, -0.15) is 0 Å². The number of carbonyl (C=O) groups excluding carboxylic acids is 1. The molecule has 0 aliphatic carbocycles. The fourth-order valence-electron chi connectivity index (χ4n) is 2.30. The second-order valence-electron chi connectivity index (χ2n) is 5.77. The summed E-state index contributed by atoms with van der Waals surface area (Å²) in [6.45, 7) is 4.10. The van der Waals surface area contributed by atoms with Crippen LogP contribution in [0.2, 0.25) is 0 Å². The number of hydrogen-bond donors (Lipinski definition) is 2. The quantitative estimate of drug-likeness (QED) is 0.700. The molecule has 9 nitrogen and oxygen atoms in total. The Labute approximate surface area is 150 Å². The molecule has 1 aromatic carbocycles. The molecular formula is C17H20N6O3. The van der Waals surface area contributed by atoms with Crippen molar-refractivity contribution in [2.24, 2.45) is 0 Å². The molecule has 0 unspecified atom stereocenters. The molecule has 0 aliphatic rings. The highest BCUT2D eigenvalue weighted by Gasteiger charge is 2.14. The molecule has 2 aromatic heterocycles. The number of methoxy groups -OCH3 is 1. The second kappa shape index (κ2) is 7.68. The number of benzene rings is 1. The van der Waals surface area contributed by atoms with Gasteiger partial charge in [0.05, 0.1) is 13.2 Å². The van der Waals surface area contributed by atoms with Gasteiger partial charge in [-0.25, -0.2) is 9.78 Å². The van der Waals surface area contributed by atoms with Crippen LogP contribution in [0.1, 0.15) is 19.4 Å². The summed E-state index contributed by atoms with van der Waals surface area (Å²) in [7, 11) is 1.63. The first kappa shape index (κ1) is 17.5. The molecule has 0 spiro atoms. The average molecular weight is 356 g/mol. The Bertz CT molecular complexity index is 891. The Morgan fingerprint density at radius 1 is 1.23 bits per heavy atom. The van der Waals surface area contributed by atoms with Crippen LogP contribution in [0.4, 0.5) is 16.6 Å². The van der Waals surface area contributed by atoms with Gasteiger partial charge >= 0.3 is 6.09 Å². The number of aromatic nitrogens is 4. The van der Waals surface area contributed by atoms with Crippen molar-refractivity contribution < 1.29 is 14.3 Å². The maximum Gasteiger partial charge on any atom is 0.414 e. The van der Waals surface area contributed by atoms with Gasteiger partial charge in [-0.15, -0.1) is 10.2 Å². The van der Waals surface area contributed by atoms with Crippen LogP contribution in [0.25, 0.3) is 5.65 Å². The summed E-state index contributed by atoms with van der Waals surface area (Å²) in [5.41, 5.74) is 1.56. The smallest absolute Gasteiger partial charge is 0.414 e. The lowest BCUT2D eigenvalue weighted by Gasteiger charge is -2.09. The number of fused-ring (bicyclic) bond motifs is 1. The minimum atomic E-state index is -0.584. The van der Waals surface area contributed by atoms with Gasteiger partial charge in [-0.3, -0.25) is 9.72 Å². The third-order valence-corrected chi connectivity index (χ3v) is 3.50. The number of rotatable bonds is 6. The maximum absolute atomic E-state index is 11.8. The van der Waals surface area contributed by atoms with E-state index in [0.29, 0.717) is 18.0 Å². The van der Waals surface area contributed by atoms with Crippen molar-refractivity contribution in [1.82, 2.24) is 19.6 Å². The highest BCUT2D eigenvalue weighted by molar-refractivity contribution is 5.83. The van der Waals surface area contributed by atoms with Gasteiger partial charge in [-0.05, 0) is 31.5 Å². The van der Waals surface area contributed by atoms with E-state index in [9.17, 15) is 4.79 Å². The molecule has 2 heterocycles. The molecule has 0 fully saturated rings. The van der Waals surface area contributed by atoms with Crippen molar-refractivity contribution >= 4 is 23.5 Å². The first-order valence-electron chi connectivity index (χ1n) is 8.11. The van der Waals surface area contributed by atoms with Crippen LogP contribution in [-0.4, -0.2) is 38.9 Å². The highest BCUT2D eigenvalue weighted by Crippen LogP contribution is 2.17. The maximum atomic E-state index is 11.8. The van der Waals surface area contributed by atoms with E-state index in [0.717, 1.165) is 11.3 Å². The summed E-state index contributed by atoms with van der Waals surface area (Å²) in [4.78, 5) is 16.0. The van der Waals surface area contributed by atoms with Gasteiger partial charge < -0.3 is 14.8 Å². The SMILES string of the molecule is COc1ccc(CNc2nccn3c(NC(=O)OC(C)C)nnc23)cc1. The van der Waals surface area contributed by atoms with Crippen LogP contribution in [-0.2, 0) is 11.3 Å². The molecule has 0 saturated heterocycles. The topological polar surface area (TPSA) is 103 Å². The Morgan fingerprint density at radius 3 is 2.69 bits per heavy atom. The van der Waals surface area contributed by atoms with Crippen molar-refractivity contribution in [2.45, 2.75) is 26.5 Å². The molecule has 0 radical (unpaired) electrons. The fraction of sp³-hybridized carbons (Fsp3) is 0.294. The minimum absolute atomic E-state index is 0.224. The van der Waals surface area contributed by atoms with E-state index in [1.165, 1.54) is 0 Å². The number of nitrogens with one attached hydrogen (secondary N) is 2. The van der Waals surface area contributed by atoms with Crippen LogP contribution < -0.4 is 15.4 Å². The third-order valence-electron chi connectivity index (χ3n) is 3.50. The van der Waals surface area contributed by atoms with Crippen molar-refractivity contribution in [3.05, 3.63) is 42.2 Å². The molecule has 9 heteroatoms. The zero-order valence-electron chi connectivity index (χ0n) is 14.8. The van der Waals surface area contributed by atoms with Gasteiger partial charge in [0, 0.05) is 18.9 Å². The molecule has 26 heavy (non-hydrogen) atoms. The normalized spacial score (nSPS) is 10.8. The molecule has 2 N–H and O–H groups in total. The van der Waals surface area contributed by atoms with E-state index in [2.05, 4.69) is 25.8 Å². The number of amides is 1. The molecule has 0 atom stereocenters. The number of hydrogen-bond acceptors (Lipinski definition) is 7. The Hall–Kier alpha value is -3.36. The molecule has 3 aromatic rings. The minimum Gasteiger partial charge on any atom is -0.497 e. The lowest BCUT2D eigenvalue weighted by atomic mass is 10.2. The Morgan fingerprint density at radius 2 is 2.00 bits per heavy atom. The predicted molar refractivity (Wildman–Crippen MR) is 96.3 cm³/mol. The summed E-state index contributed by atoms with van der Waals surface area (Å²) >= 11 is 0. The van der Waals surface area contributed by atoms with E-state index >= 15 is 0 Å². The summed E-state index contributed by atoms with van der Waals surface area (Å²) in [6, 6.07) is 7.71. The zero-order valence-corrected chi connectivity index (χ0v) is 14.8. The molecule has 0 bridgehead atoms. The summed E-state index contributed by atoms with van der Waals surface area (Å²) < 4.78 is 11.8. The molecule has 1 amide bonds. The van der Waals surface area contributed by atoms with Crippen LogP contribution in [0, 0.1) is 0 Å². The molecule has 3 rings (SSSR count). The van der Waals surface area contributed by atoms with Crippen molar-refractivity contribution in [3.63, 3.8) is 0 Å². The van der Waals surface area contributed by atoms with Gasteiger partial charge in [-0.1, -0.05) is 12.1 Å². The molecule has 0 saturated carbocycles. The highest BCUT2D eigenvalue weighted by atomic mass is 16.6. The van der Waals surface area contributed by atoms with E-state index in [1.54, 1.807) is 37.8 Å². The van der Waals surface area contributed by atoms with E-state index in [4.69, 9.17) is 9.47 Å². The predicted octanol–water partition coefficient (Wildman–Crippen LogP) is 2.70. The second-order valence-corrected chi connectivity index (χ2v) is 5.77. The van der Waals surface area contributed by atoms with Crippen LogP contribution in [0.5, 0.6) is 5.75 Å². The largest absolute Gasteiger partial charge is 0.497 e. The average Bonchev–Trinajstić information content (AvgIpc) is 3.03. The van der Waals surface area contributed by atoms with Crippen molar-refractivity contribution in [3.8, 4) is 5.75 Å². The first-order valence-corrected chi connectivity index (χ1v) is 8.11. The third kappa shape index (κ3) is 4.00. The lowest BCUT2D eigenvalue weighted by molar-refractivity contribution is 0.129. The van der Waals surface area contributed by atoms with Gasteiger partial charge in [0.2, 0.25) is 11.6 Å². The summed E-state index contributed by atoms with van der Waals surface area (Å²) in [6.07, 6.45) is 2.46. The number of nitrogens with zero attached hydrogens (tertiary/aromatic N) is 4. The van der Waals surface area contributed by atoms with Crippen LogP contribution in [0.3, 0.4) is 0 Å². The standard InChI is InChI=1S/C17H20N6O3/c1-11(2)26-17(24)20-16-22-21-15-14(18-8-9-23(15)16)19-10-12-4-6-13(25-3)7-5-12/h4-9,11H,10H2,1-3H3,(H,18,19)(H,20,22,24). The van der Waals surface area contributed by atoms with Crippen LogP contribution >= 0.6 is 0 Å². The Kier molecular flexibility index (Phi) is 5.16. The zero-order chi connectivity index (χ0) is 18.5. The van der Waals surface area contributed by atoms with Crippen molar-refractivity contribution in [1.29, 1.82) is 0 Å². The lowest BCUT2D eigenvalue weighted by Crippen LogP contribution is -2.19.